The third kappa shape index (κ3) is 8.40. The molecule has 2 unspecified atom stereocenters. The molecule has 0 radical (unpaired) electrons. The number of carbonyl (C=O) groups is 2. The second-order valence-electron chi connectivity index (χ2n) is 12.1. The zero-order chi connectivity index (χ0) is 29.5. The van der Waals surface area contributed by atoms with Crippen LogP contribution in [0.4, 0.5) is 13.2 Å². The van der Waals surface area contributed by atoms with Crippen LogP contribution in [-0.2, 0) is 15.8 Å². The van der Waals surface area contributed by atoms with E-state index in [1.165, 1.54) is 19.1 Å². The summed E-state index contributed by atoms with van der Waals surface area (Å²) in [7, 11) is 2.13. The van der Waals surface area contributed by atoms with Gasteiger partial charge in [0.1, 0.15) is 6.29 Å². The summed E-state index contributed by atoms with van der Waals surface area (Å²) in [5.41, 5.74) is 1.10. The molecule has 2 atom stereocenters. The van der Waals surface area contributed by atoms with Crippen LogP contribution in [0.15, 0.2) is 54.6 Å². The van der Waals surface area contributed by atoms with Crippen molar-refractivity contribution < 1.29 is 22.8 Å². The summed E-state index contributed by atoms with van der Waals surface area (Å²) < 4.78 is 39.7. The Balaban J connectivity index is 0.00000141. The Morgan fingerprint density at radius 1 is 0.925 bits per heavy atom. The highest BCUT2D eigenvalue weighted by Crippen LogP contribution is 2.37. The predicted octanol–water partition coefficient (Wildman–Crippen LogP) is 6.29. The second-order valence-corrected chi connectivity index (χ2v) is 12.1. The number of alkyl halides is 3. The Kier molecular flexibility index (Phi) is 11.0. The van der Waals surface area contributed by atoms with E-state index in [1.54, 1.807) is 12.1 Å². The molecule has 4 rings (SSSR count). The van der Waals surface area contributed by atoms with Crippen LogP contribution in [0.3, 0.4) is 0 Å². The minimum atomic E-state index is -4.36. The molecule has 2 aromatic rings. The summed E-state index contributed by atoms with van der Waals surface area (Å²) in [5, 5.41) is 0. The Hall–Kier alpha value is -2.71. The predicted molar refractivity (Wildman–Crippen MR) is 153 cm³/mol. The molecule has 1 amide bonds. The van der Waals surface area contributed by atoms with Crippen LogP contribution in [0, 0.1) is 11.3 Å². The number of halogens is 3. The van der Waals surface area contributed by atoms with Crippen molar-refractivity contribution in [2.24, 2.45) is 11.3 Å². The number of hydrogen-bond donors (Lipinski definition) is 0. The number of hydrogen-bond acceptors (Lipinski definition) is 4. The number of nitrogens with zero attached hydrogens (tertiary/aromatic N) is 3. The highest BCUT2D eigenvalue weighted by atomic mass is 19.4. The minimum absolute atomic E-state index is 0.0145. The molecule has 0 N–H and O–H groups in total. The maximum absolute atomic E-state index is 13.5. The smallest absolute Gasteiger partial charge is 0.337 e. The number of piperazine rings is 1. The molecule has 2 saturated heterocycles. The lowest BCUT2D eigenvalue weighted by Gasteiger charge is -2.50. The van der Waals surface area contributed by atoms with Gasteiger partial charge < -0.3 is 14.6 Å². The van der Waals surface area contributed by atoms with Gasteiger partial charge in [0.15, 0.2) is 0 Å². The zero-order valence-electron chi connectivity index (χ0n) is 24.5. The van der Waals surface area contributed by atoms with Crippen molar-refractivity contribution in [2.75, 3.05) is 39.8 Å². The fraction of sp³-hybridized carbons (Fsp3) is 0.562. The van der Waals surface area contributed by atoms with Crippen LogP contribution < -0.4 is 0 Å². The second kappa shape index (κ2) is 13.8. The van der Waals surface area contributed by atoms with Crippen molar-refractivity contribution in [3.05, 3.63) is 71.3 Å². The first kappa shape index (κ1) is 31.8. The molecule has 0 aromatic heterocycles. The largest absolute Gasteiger partial charge is 0.416 e. The monoisotopic (exact) mass is 559 g/mol. The molecule has 2 aliphatic rings. The van der Waals surface area contributed by atoms with Gasteiger partial charge in [0, 0.05) is 32.1 Å². The highest BCUT2D eigenvalue weighted by Gasteiger charge is 2.41. The van der Waals surface area contributed by atoms with E-state index in [9.17, 15) is 18.0 Å². The first-order valence-corrected chi connectivity index (χ1v) is 14.2. The molecule has 40 heavy (non-hydrogen) atoms. The number of carbonyl (C=O) groups excluding carboxylic acids is 2. The fourth-order valence-corrected chi connectivity index (χ4v) is 5.81. The molecule has 0 bridgehead atoms. The van der Waals surface area contributed by atoms with Crippen LogP contribution in [0.1, 0.15) is 69.7 Å². The molecular formula is C32H44F3N3O2. The SMILES string of the molecule is CC=O.CN1CCC(CC(=O)N2CCN(C(c3ccccc3)c3ccc(C(F)(F)F)cc3)CC2C(C)(C)C)CC1. The van der Waals surface area contributed by atoms with Gasteiger partial charge in [0.2, 0.25) is 5.91 Å². The Morgan fingerprint density at radius 2 is 1.48 bits per heavy atom. The molecular weight excluding hydrogens is 515 g/mol. The van der Waals surface area contributed by atoms with Crippen LogP contribution in [0.2, 0.25) is 0 Å². The van der Waals surface area contributed by atoms with Gasteiger partial charge in [-0.15, -0.1) is 0 Å². The van der Waals surface area contributed by atoms with Gasteiger partial charge in [0.25, 0.3) is 0 Å². The summed E-state index contributed by atoms with van der Waals surface area (Å²) in [4.78, 5) is 29.1. The molecule has 2 aliphatic heterocycles. The molecule has 8 heteroatoms. The summed E-state index contributed by atoms with van der Waals surface area (Å²) in [6, 6.07) is 15.3. The summed E-state index contributed by atoms with van der Waals surface area (Å²) in [6.45, 7) is 12.0. The standard InChI is InChI=1S/C30H40F3N3O.C2H4O/c1-29(2,3)26-21-35(18-19-36(26)27(37)20-22-14-16-34(4)17-15-22)28(23-8-6-5-7-9-23)24-10-12-25(13-11-24)30(31,32)33;1-2-3/h5-13,22,26,28H,14-21H2,1-4H3;2H,1H3. The molecule has 0 spiro atoms. The summed E-state index contributed by atoms with van der Waals surface area (Å²) in [6.07, 6.45) is -0.891. The highest BCUT2D eigenvalue weighted by molar-refractivity contribution is 5.77. The van der Waals surface area contributed by atoms with Crippen LogP contribution >= 0.6 is 0 Å². The van der Waals surface area contributed by atoms with Crippen LogP contribution in [0.5, 0.6) is 0 Å². The third-order valence-corrected chi connectivity index (χ3v) is 8.07. The number of aldehydes is 1. The number of rotatable bonds is 5. The zero-order valence-corrected chi connectivity index (χ0v) is 24.5. The van der Waals surface area contributed by atoms with Gasteiger partial charge in [-0.1, -0.05) is 63.2 Å². The maximum atomic E-state index is 13.5. The van der Waals surface area contributed by atoms with Gasteiger partial charge in [-0.05, 0) is 74.5 Å². The Labute approximate surface area is 237 Å². The van der Waals surface area contributed by atoms with E-state index in [-0.39, 0.29) is 23.4 Å². The Morgan fingerprint density at radius 3 is 2.00 bits per heavy atom. The lowest BCUT2D eigenvalue weighted by molar-refractivity contribution is -0.141. The van der Waals surface area contributed by atoms with Gasteiger partial charge in [-0.3, -0.25) is 9.69 Å². The average Bonchev–Trinajstić information content (AvgIpc) is 2.90. The van der Waals surface area contributed by atoms with Crippen molar-refractivity contribution >= 4 is 12.2 Å². The average molecular weight is 560 g/mol. The maximum Gasteiger partial charge on any atom is 0.416 e. The van der Waals surface area contributed by atoms with Gasteiger partial charge in [0.05, 0.1) is 11.6 Å². The van der Waals surface area contributed by atoms with Crippen molar-refractivity contribution in [3.8, 4) is 0 Å². The fourth-order valence-electron chi connectivity index (χ4n) is 5.81. The normalized spacial score (nSPS) is 20.4. The number of piperidine rings is 1. The van der Waals surface area contributed by atoms with E-state index in [4.69, 9.17) is 4.79 Å². The molecule has 220 valence electrons. The first-order chi connectivity index (χ1) is 18.8. The van der Waals surface area contributed by atoms with E-state index >= 15 is 0 Å². The molecule has 2 aromatic carbocycles. The summed E-state index contributed by atoms with van der Waals surface area (Å²) >= 11 is 0. The van der Waals surface area contributed by atoms with Gasteiger partial charge in [-0.2, -0.15) is 13.2 Å². The van der Waals surface area contributed by atoms with E-state index in [2.05, 4.69) is 42.5 Å². The lowest BCUT2D eigenvalue weighted by atomic mass is 9.82. The number of amides is 1. The quantitative estimate of drug-likeness (QED) is 0.404. The first-order valence-electron chi connectivity index (χ1n) is 14.2. The molecule has 5 nitrogen and oxygen atoms in total. The van der Waals surface area contributed by atoms with Crippen molar-refractivity contribution in [1.82, 2.24) is 14.7 Å². The Bertz CT molecular complexity index is 1080. The van der Waals surface area contributed by atoms with Gasteiger partial charge >= 0.3 is 6.18 Å². The minimum Gasteiger partial charge on any atom is -0.337 e. The summed E-state index contributed by atoms with van der Waals surface area (Å²) in [5.74, 6) is 0.673. The van der Waals surface area contributed by atoms with E-state index in [1.807, 2.05) is 30.3 Å². The topological polar surface area (TPSA) is 43.9 Å². The van der Waals surface area contributed by atoms with E-state index < -0.39 is 11.7 Å². The van der Waals surface area contributed by atoms with Crippen molar-refractivity contribution in [3.63, 3.8) is 0 Å². The molecule has 0 aliphatic carbocycles. The van der Waals surface area contributed by atoms with Crippen molar-refractivity contribution in [1.29, 1.82) is 0 Å². The molecule has 2 heterocycles. The number of benzene rings is 2. The van der Waals surface area contributed by atoms with Gasteiger partial charge in [-0.25, -0.2) is 0 Å². The van der Waals surface area contributed by atoms with E-state index in [0.717, 1.165) is 43.3 Å². The van der Waals surface area contributed by atoms with Crippen molar-refractivity contribution in [2.45, 2.75) is 65.2 Å². The lowest BCUT2D eigenvalue weighted by Crippen LogP contribution is -2.60. The third-order valence-electron chi connectivity index (χ3n) is 8.07. The van der Waals surface area contributed by atoms with Crippen LogP contribution in [-0.4, -0.2) is 72.7 Å². The molecule has 0 saturated carbocycles. The number of likely N-dealkylation sites (tertiary alicyclic amines) is 1. The van der Waals surface area contributed by atoms with Crippen LogP contribution in [0.25, 0.3) is 0 Å². The van der Waals surface area contributed by atoms with E-state index in [0.29, 0.717) is 32.0 Å². The molecule has 2 fully saturated rings.